The first-order chi connectivity index (χ1) is 7.10. The van der Waals surface area contributed by atoms with Gasteiger partial charge in [0.05, 0.1) is 25.2 Å². The quantitative estimate of drug-likeness (QED) is 0.798. The van der Waals surface area contributed by atoms with Gasteiger partial charge in [0.1, 0.15) is 4.60 Å². The summed E-state index contributed by atoms with van der Waals surface area (Å²) in [5, 5.41) is 8.51. The molecule has 0 spiro atoms. The number of ether oxygens (including phenoxy) is 1. The van der Waals surface area contributed by atoms with Gasteiger partial charge >= 0.3 is 0 Å². The molecule has 1 aromatic heterocycles. The second kappa shape index (κ2) is 5.03. The number of rotatable bonds is 3. The molecule has 80 valence electrons. The topological polar surface area (TPSA) is 45.9 Å². The fourth-order valence-electron chi connectivity index (χ4n) is 1.17. The van der Waals surface area contributed by atoms with Crippen LogP contribution in [0.5, 0.6) is 5.88 Å². The van der Waals surface area contributed by atoms with E-state index < -0.39 is 6.43 Å². The number of aromatic nitrogens is 1. The maximum Gasteiger partial charge on any atom is 0.269 e. The molecule has 0 aliphatic heterocycles. The minimum absolute atomic E-state index is 0.100. The van der Waals surface area contributed by atoms with E-state index in [0.29, 0.717) is 4.60 Å². The van der Waals surface area contributed by atoms with E-state index in [1.807, 2.05) is 6.07 Å². The third-order valence-corrected chi connectivity index (χ3v) is 2.17. The van der Waals surface area contributed by atoms with E-state index in [1.54, 1.807) is 0 Å². The molecule has 0 bridgehead atoms. The van der Waals surface area contributed by atoms with Crippen molar-refractivity contribution in [2.24, 2.45) is 0 Å². The van der Waals surface area contributed by atoms with Crippen LogP contribution in [0.2, 0.25) is 0 Å². The van der Waals surface area contributed by atoms with E-state index >= 15 is 0 Å². The van der Waals surface area contributed by atoms with Gasteiger partial charge in [-0.05, 0) is 27.6 Å². The Bertz CT molecular complexity index is 404. The number of pyridine rings is 1. The van der Waals surface area contributed by atoms with E-state index in [1.165, 1.54) is 13.2 Å². The number of halogens is 3. The Balaban J connectivity index is 3.34. The molecule has 0 unspecified atom stereocenters. The Morgan fingerprint density at radius 2 is 2.33 bits per heavy atom. The van der Waals surface area contributed by atoms with Crippen LogP contribution in [0.25, 0.3) is 0 Å². The number of hydrogen-bond donors (Lipinski definition) is 0. The highest BCUT2D eigenvalue weighted by atomic mass is 79.9. The van der Waals surface area contributed by atoms with Gasteiger partial charge in [-0.25, -0.2) is 13.8 Å². The van der Waals surface area contributed by atoms with Crippen molar-refractivity contribution >= 4 is 15.9 Å². The second-order valence-electron chi connectivity index (χ2n) is 2.66. The number of methoxy groups -OCH3 is 1. The number of alkyl halides is 2. The number of nitriles is 1. The fraction of sp³-hybridized carbons (Fsp3) is 0.333. The summed E-state index contributed by atoms with van der Waals surface area (Å²) in [6.07, 6.45) is -2.80. The maximum atomic E-state index is 12.7. The first-order valence-corrected chi connectivity index (χ1v) is 4.77. The van der Waals surface area contributed by atoms with Crippen molar-refractivity contribution in [3.8, 4) is 11.9 Å². The van der Waals surface area contributed by atoms with Crippen molar-refractivity contribution in [2.75, 3.05) is 7.11 Å². The summed E-state index contributed by atoms with van der Waals surface area (Å²) in [6.45, 7) is 0. The number of nitrogens with zero attached hydrogens (tertiary/aromatic N) is 2. The van der Waals surface area contributed by atoms with Crippen LogP contribution >= 0.6 is 15.9 Å². The molecule has 0 saturated carbocycles. The van der Waals surface area contributed by atoms with Crippen LogP contribution in [-0.4, -0.2) is 12.1 Å². The monoisotopic (exact) mass is 276 g/mol. The van der Waals surface area contributed by atoms with E-state index in [0.717, 1.165) is 0 Å². The first kappa shape index (κ1) is 11.9. The molecule has 0 fully saturated rings. The van der Waals surface area contributed by atoms with Crippen molar-refractivity contribution in [2.45, 2.75) is 12.8 Å². The van der Waals surface area contributed by atoms with Gasteiger partial charge in [-0.3, -0.25) is 0 Å². The van der Waals surface area contributed by atoms with Gasteiger partial charge in [0, 0.05) is 0 Å². The van der Waals surface area contributed by atoms with Crippen molar-refractivity contribution in [3.63, 3.8) is 0 Å². The molecule has 0 saturated heterocycles. The van der Waals surface area contributed by atoms with Gasteiger partial charge < -0.3 is 4.74 Å². The Kier molecular flexibility index (Phi) is 3.97. The van der Waals surface area contributed by atoms with E-state index in [-0.39, 0.29) is 23.4 Å². The SMILES string of the molecule is COc1nc(Br)cc(CC#N)c1C(F)F. The highest BCUT2D eigenvalue weighted by Crippen LogP contribution is 2.32. The van der Waals surface area contributed by atoms with Gasteiger partial charge in [0.15, 0.2) is 0 Å². The minimum atomic E-state index is -2.70. The summed E-state index contributed by atoms with van der Waals surface area (Å²) in [7, 11) is 1.26. The third-order valence-electron chi connectivity index (χ3n) is 1.76. The maximum absolute atomic E-state index is 12.7. The standard InChI is InChI=1S/C9H7BrF2N2O/c1-15-9-7(8(11)12)5(2-3-13)4-6(10)14-9/h4,8H,2H2,1H3. The van der Waals surface area contributed by atoms with Crippen LogP contribution in [0.4, 0.5) is 8.78 Å². The van der Waals surface area contributed by atoms with Gasteiger partial charge in [-0.15, -0.1) is 0 Å². The third kappa shape index (κ3) is 2.63. The van der Waals surface area contributed by atoms with E-state index in [4.69, 9.17) is 10.00 Å². The van der Waals surface area contributed by atoms with Gasteiger partial charge in [0.25, 0.3) is 6.43 Å². The summed E-state index contributed by atoms with van der Waals surface area (Å²) in [5.41, 5.74) is -0.0894. The van der Waals surface area contributed by atoms with Gasteiger partial charge in [0.2, 0.25) is 5.88 Å². The fourth-order valence-corrected chi connectivity index (χ4v) is 1.61. The van der Waals surface area contributed by atoms with Crippen LogP contribution in [0.1, 0.15) is 17.6 Å². The Morgan fingerprint density at radius 1 is 1.67 bits per heavy atom. The van der Waals surface area contributed by atoms with Crippen molar-refractivity contribution in [1.29, 1.82) is 5.26 Å². The molecule has 15 heavy (non-hydrogen) atoms. The first-order valence-electron chi connectivity index (χ1n) is 3.98. The minimum Gasteiger partial charge on any atom is -0.481 e. The Labute approximate surface area is 93.8 Å². The van der Waals surface area contributed by atoms with Crippen molar-refractivity contribution < 1.29 is 13.5 Å². The Hall–Kier alpha value is -1.22. The average molecular weight is 277 g/mol. The molecule has 0 amide bonds. The molecule has 1 rings (SSSR count). The predicted octanol–water partition coefficient (Wildman–Crippen LogP) is 2.86. The molecule has 1 heterocycles. The molecule has 6 heteroatoms. The molecule has 1 aromatic rings. The lowest BCUT2D eigenvalue weighted by atomic mass is 10.1. The van der Waals surface area contributed by atoms with E-state index in [9.17, 15) is 8.78 Å². The summed E-state index contributed by atoms with van der Waals surface area (Å²) in [5.74, 6) is -0.148. The molecule has 0 aliphatic rings. The highest BCUT2D eigenvalue weighted by molar-refractivity contribution is 9.10. The van der Waals surface area contributed by atoms with Crippen molar-refractivity contribution in [1.82, 2.24) is 4.98 Å². The highest BCUT2D eigenvalue weighted by Gasteiger charge is 2.20. The summed E-state index contributed by atoms with van der Waals surface area (Å²) in [6, 6.07) is 3.22. The zero-order valence-electron chi connectivity index (χ0n) is 7.80. The lowest BCUT2D eigenvalue weighted by Crippen LogP contribution is -2.01. The summed E-state index contributed by atoms with van der Waals surface area (Å²) >= 11 is 3.06. The van der Waals surface area contributed by atoms with Gasteiger partial charge in [-0.1, -0.05) is 0 Å². The molecule has 0 N–H and O–H groups in total. The normalized spacial score (nSPS) is 10.1. The largest absolute Gasteiger partial charge is 0.481 e. The molecule has 0 aromatic carbocycles. The zero-order chi connectivity index (χ0) is 11.4. The lowest BCUT2D eigenvalue weighted by molar-refractivity contribution is 0.145. The molecule has 3 nitrogen and oxygen atoms in total. The van der Waals surface area contributed by atoms with Crippen LogP contribution in [-0.2, 0) is 6.42 Å². The van der Waals surface area contributed by atoms with E-state index in [2.05, 4.69) is 20.9 Å². The second-order valence-corrected chi connectivity index (χ2v) is 3.48. The molecular formula is C9H7BrF2N2O. The molecule has 0 aliphatic carbocycles. The Morgan fingerprint density at radius 3 is 2.80 bits per heavy atom. The molecule has 0 atom stereocenters. The lowest BCUT2D eigenvalue weighted by Gasteiger charge is -2.10. The van der Waals surface area contributed by atoms with Crippen LogP contribution in [0.3, 0.4) is 0 Å². The van der Waals surface area contributed by atoms with Crippen molar-refractivity contribution in [3.05, 3.63) is 21.8 Å². The summed E-state index contributed by atoms with van der Waals surface area (Å²) < 4.78 is 30.5. The summed E-state index contributed by atoms with van der Waals surface area (Å²) in [4.78, 5) is 3.76. The number of hydrogen-bond acceptors (Lipinski definition) is 3. The van der Waals surface area contributed by atoms with Crippen LogP contribution < -0.4 is 4.74 Å². The smallest absolute Gasteiger partial charge is 0.269 e. The van der Waals surface area contributed by atoms with Crippen LogP contribution in [0, 0.1) is 11.3 Å². The molecule has 0 radical (unpaired) electrons. The zero-order valence-corrected chi connectivity index (χ0v) is 9.38. The van der Waals surface area contributed by atoms with Crippen LogP contribution in [0.15, 0.2) is 10.7 Å². The average Bonchev–Trinajstić information content (AvgIpc) is 2.16. The van der Waals surface area contributed by atoms with Gasteiger partial charge in [-0.2, -0.15) is 5.26 Å². The molecular weight excluding hydrogens is 270 g/mol. The predicted molar refractivity (Wildman–Crippen MR) is 52.8 cm³/mol.